The van der Waals surface area contributed by atoms with Crippen LogP contribution >= 0.6 is 34.8 Å². The summed E-state index contributed by atoms with van der Waals surface area (Å²) in [6.07, 6.45) is 1.03. The molecule has 3 aromatic carbocycles. The zero-order valence-corrected chi connectivity index (χ0v) is 20.0. The lowest BCUT2D eigenvalue weighted by Crippen LogP contribution is -2.37. The van der Waals surface area contributed by atoms with Crippen molar-refractivity contribution in [2.45, 2.75) is 6.54 Å². The van der Waals surface area contributed by atoms with Crippen LogP contribution in [0.5, 0.6) is 11.5 Å². The van der Waals surface area contributed by atoms with Crippen LogP contribution in [-0.2, 0) is 21.4 Å². The molecule has 0 fully saturated rings. The Morgan fingerprint density at radius 3 is 2.34 bits per heavy atom. The van der Waals surface area contributed by atoms with E-state index in [0.717, 1.165) is 10.6 Å². The van der Waals surface area contributed by atoms with Gasteiger partial charge in [0.05, 0.1) is 28.5 Å². The lowest BCUT2D eigenvalue weighted by molar-refractivity contribution is -0.116. The van der Waals surface area contributed by atoms with Gasteiger partial charge in [-0.15, -0.1) is 0 Å². The second-order valence-electron chi connectivity index (χ2n) is 6.88. The highest BCUT2D eigenvalue weighted by Crippen LogP contribution is 2.32. The Kier molecular flexibility index (Phi) is 8.03. The SMILES string of the molecule is CS(=O)(=O)N(CC(=O)Nc1cc(Cl)ccc1Oc1ccccc1)Cc1ccc(Cl)c(Cl)c1. The van der Waals surface area contributed by atoms with Crippen LogP contribution < -0.4 is 10.1 Å². The van der Waals surface area contributed by atoms with E-state index in [1.807, 2.05) is 18.2 Å². The third kappa shape index (κ3) is 6.85. The van der Waals surface area contributed by atoms with Crippen LogP contribution in [0, 0.1) is 0 Å². The van der Waals surface area contributed by atoms with Crippen LogP contribution in [0.4, 0.5) is 5.69 Å². The summed E-state index contributed by atoms with van der Waals surface area (Å²) >= 11 is 18.0. The van der Waals surface area contributed by atoms with E-state index in [-0.39, 0.29) is 6.54 Å². The summed E-state index contributed by atoms with van der Waals surface area (Å²) in [5, 5.41) is 3.71. The van der Waals surface area contributed by atoms with Gasteiger partial charge in [0, 0.05) is 11.6 Å². The molecule has 0 saturated heterocycles. The van der Waals surface area contributed by atoms with Crippen molar-refractivity contribution in [1.82, 2.24) is 4.31 Å². The van der Waals surface area contributed by atoms with Crippen molar-refractivity contribution in [3.05, 3.63) is 87.4 Å². The molecule has 3 rings (SSSR count). The number of anilines is 1. The topological polar surface area (TPSA) is 75.7 Å². The highest BCUT2D eigenvalue weighted by molar-refractivity contribution is 7.88. The number of sulfonamides is 1. The number of amides is 1. The van der Waals surface area contributed by atoms with Gasteiger partial charge in [-0.25, -0.2) is 8.42 Å². The molecule has 0 aliphatic heterocycles. The molecule has 0 spiro atoms. The van der Waals surface area contributed by atoms with E-state index < -0.39 is 22.5 Å². The van der Waals surface area contributed by atoms with Crippen molar-refractivity contribution >= 4 is 56.4 Å². The summed E-state index contributed by atoms with van der Waals surface area (Å²) in [7, 11) is -3.70. The number of carbonyl (C=O) groups is 1. The average Bonchev–Trinajstić information content (AvgIpc) is 2.72. The molecule has 0 aromatic heterocycles. The number of ether oxygens (including phenoxy) is 1. The van der Waals surface area contributed by atoms with Gasteiger partial charge < -0.3 is 10.1 Å². The molecule has 1 N–H and O–H groups in total. The molecule has 0 aliphatic carbocycles. The standard InChI is InChI=1S/C22H19Cl3N2O4S/c1-32(29,30)27(13-15-7-9-18(24)19(25)11-15)14-22(28)26-20-12-16(23)8-10-21(20)31-17-5-3-2-4-6-17/h2-12H,13-14H2,1H3,(H,26,28). The molecule has 0 saturated carbocycles. The Hall–Kier alpha value is -2.29. The van der Waals surface area contributed by atoms with Crippen molar-refractivity contribution in [3.63, 3.8) is 0 Å². The predicted molar refractivity (Wildman–Crippen MR) is 128 cm³/mol. The minimum absolute atomic E-state index is 0.0495. The van der Waals surface area contributed by atoms with Crippen LogP contribution in [-0.4, -0.2) is 31.4 Å². The summed E-state index contributed by atoms with van der Waals surface area (Å²) < 4.78 is 31.4. The fourth-order valence-corrected chi connectivity index (χ4v) is 4.01. The predicted octanol–water partition coefficient (Wildman–Crippen LogP) is 5.84. The summed E-state index contributed by atoms with van der Waals surface area (Å²) in [5.74, 6) is 0.378. The summed E-state index contributed by atoms with van der Waals surface area (Å²) in [6, 6.07) is 18.6. The van der Waals surface area contributed by atoms with E-state index in [1.54, 1.807) is 42.5 Å². The van der Waals surface area contributed by atoms with Crippen molar-refractivity contribution in [2.24, 2.45) is 0 Å². The molecule has 168 valence electrons. The molecule has 0 heterocycles. The lowest BCUT2D eigenvalue weighted by Gasteiger charge is -2.20. The van der Waals surface area contributed by atoms with Gasteiger partial charge >= 0.3 is 0 Å². The van der Waals surface area contributed by atoms with Crippen LogP contribution in [0.15, 0.2) is 66.7 Å². The molecule has 0 bridgehead atoms. The number of hydrogen-bond acceptors (Lipinski definition) is 4. The van der Waals surface area contributed by atoms with Crippen LogP contribution in [0.3, 0.4) is 0 Å². The highest BCUT2D eigenvalue weighted by Gasteiger charge is 2.22. The van der Waals surface area contributed by atoms with Gasteiger partial charge in [0.25, 0.3) is 0 Å². The fourth-order valence-electron chi connectivity index (χ4n) is 2.79. The number of nitrogens with one attached hydrogen (secondary N) is 1. The van der Waals surface area contributed by atoms with Crippen LogP contribution in [0.25, 0.3) is 0 Å². The number of halogens is 3. The van der Waals surface area contributed by atoms with E-state index in [9.17, 15) is 13.2 Å². The maximum Gasteiger partial charge on any atom is 0.239 e. The van der Waals surface area contributed by atoms with Gasteiger partial charge in [-0.2, -0.15) is 4.31 Å². The first-order chi connectivity index (χ1) is 15.1. The molecule has 32 heavy (non-hydrogen) atoms. The smallest absolute Gasteiger partial charge is 0.239 e. The Morgan fingerprint density at radius 2 is 1.69 bits per heavy atom. The minimum atomic E-state index is -3.70. The molecule has 0 aliphatic rings. The first-order valence-electron chi connectivity index (χ1n) is 9.33. The first kappa shape index (κ1) is 24.4. The average molecular weight is 514 g/mol. The zero-order chi connectivity index (χ0) is 23.3. The van der Waals surface area contributed by atoms with Crippen LogP contribution in [0.1, 0.15) is 5.56 Å². The first-order valence-corrected chi connectivity index (χ1v) is 12.3. The molecule has 3 aromatic rings. The lowest BCUT2D eigenvalue weighted by atomic mass is 10.2. The molecular weight excluding hydrogens is 495 g/mol. The van der Waals surface area contributed by atoms with Crippen molar-refractivity contribution < 1.29 is 17.9 Å². The van der Waals surface area contributed by atoms with Gasteiger partial charge in [0.2, 0.25) is 15.9 Å². The number of carbonyl (C=O) groups excluding carboxylic acids is 1. The number of para-hydroxylation sites is 1. The van der Waals surface area contributed by atoms with E-state index in [1.165, 1.54) is 6.07 Å². The van der Waals surface area contributed by atoms with Crippen molar-refractivity contribution in [2.75, 3.05) is 18.1 Å². The molecule has 0 unspecified atom stereocenters. The van der Waals surface area contributed by atoms with Gasteiger partial charge in [-0.3, -0.25) is 4.79 Å². The van der Waals surface area contributed by atoms with Gasteiger partial charge in [0.1, 0.15) is 5.75 Å². The largest absolute Gasteiger partial charge is 0.455 e. The number of hydrogen-bond donors (Lipinski definition) is 1. The summed E-state index contributed by atoms with van der Waals surface area (Å²) in [4.78, 5) is 12.7. The van der Waals surface area contributed by atoms with Gasteiger partial charge in [0.15, 0.2) is 5.75 Å². The maximum absolute atomic E-state index is 12.7. The van der Waals surface area contributed by atoms with Gasteiger partial charge in [-0.1, -0.05) is 59.1 Å². The molecule has 0 radical (unpaired) electrons. The molecular formula is C22H19Cl3N2O4S. The number of rotatable bonds is 8. The van der Waals surface area contributed by atoms with Crippen molar-refractivity contribution in [1.29, 1.82) is 0 Å². The van der Waals surface area contributed by atoms with E-state index >= 15 is 0 Å². The molecule has 0 atom stereocenters. The molecule has 10 heteroatoms. The Morgan fingerprint density at radius 1 is 0.969 bits per heavy atom. The maximum atomic E-state index is 12.7. The highest BCUT2D eigenvalue weighted by atomic mass is 35.5. The normalized spacial score (nSPS) is 11.4. The fraction of sp³-hybridized carbons (Fsp3) is 0.136. The summed E-state index contributed by atoms with van der Waals surface area (Å²) in [6.45, 7) is -0.470. The quantitative estimate of drug-likeness (QED) is 0.411. The van der Waals surface area contributed by atoms with Gasteiger partial charge in [-0.05, 0) is 48.0 Å². The third-order valence-corrected chi connectivity index (χ3v) is 6.49. The minimum Gasteiger partial charge on any atom is -0.455 e. The van der Waals surface area contributed by atoms with Crippen LogP contribution in [0.2, 0.25) is 15.1 Å². The Balaban J connectivity index is 1.77. The second-order valence-corrected chi connectivity index (χ2v) is 10.1. The zero-order valence-electron chi connectivity index (χ0n) is 16.9. The third-order valence-electron chi connectivity index (χ3n) is 4.32. The van der Waals surface area contributed by atoms with E-state index in [4.69, 9.17) is 39.5 Å². The van der Waals surface area contributed by atoms with E-state index in [2.05, 4.69) is 5.32 Å². The molecule has 1 amide bonds. The number of nitrogens with zero attached hydrogens (tertiary/aromatic N) is 1. The van der Waals surface area contributed by atoms with E-state index in [0.29, 0.717) is 37.8 Å². The number of benzene rings is 3. The van der Waals surface area contributed by atoms with Crippen molar-refractivity contribution in [3.8, 4) is 11.5 Å². The Labute approximate surface area is 201 Å². The summed E-state index contributed by atoms with van der Waals surface area (Å²) in [5.41, 5.74) is 0.905. The monoisotopic (exact) mass is 512 g/mol. The second kappa shape index (κ2) is 10.6. The Bertz CT molecular complexity index is 1220. The molecule has 6 nitrogen and oxygen atoms in total.